The largest absolute Gasteiger partial charge is 0.423 e. The van der Waals surface area contributed by atoms with Crippen molar-refractivity contribution in [2.75, 3.05) is 0 Å². The summed E-state index contributed by atoms with van der Waals surface area (Å²) in [5.74, 6) is 0.0241. The van der Waals surface area contributed by atoms with E-state index in [0.29, 0.717) is 33.8 Å². The van der Waals surface area contributed by atoms with Gasteiger partial charge in [0.15, 0.2) is 0 Å². The molecule has 0 bridgehead atoms. The molecule has 3 rings (SSSR count). The summed E-state index contributed by atoms with van der Waals surface area (Å²) in [5, 5.41) is 0. The van der Waals surface area contributed by atoms with Crippen molar-refractivity contribution < 1.29 is 19.1 Å². The first-order valence-corrected chi connectivity index (χ1v) is 8.20. The Morgan fingerprint density at radius 2 is 1.08 bits per heavy atom. The Labute approximate surface area is 152 Å². The normalized spacial score (nSPS) is 10.2. The van der Waals surface area contributed by atoms with Crippen LogP contribution >= 0.6 is 0 Å². The van der Waals surface area contributed by atoms with Gasteiger partial charge in [-0.1, -0.05) is 36.4 Å². The van der Waals surface area contributed by atoms with Crippen LogP contribution in [-0.2, 0) is 0 Å². The van der Waals surface area contributed by atoms with Crippen molar-refractivity contribution in [1.82, 2.24) is 0 Å². The fraction of sp³-hybridized carbons (Fsp3) is 0.0909. The zero-order valence-corrected chi connectivity index (χ0v) is 14.6. The van der Waals surface area contributed by atoms with Gasteiger partial charge in [-0.3, -0.25) is 0 Å². The molecule has 0 fully saturated rings. The fourth-order valence-corrected chi connectivity index (χ4v) is 2.60. The van der Waals surface area contributed by atoms with Crippen LogP contribution in [0.15, 0.2) is 72.8 Å². The first-order chi connectivity index (χ1) is 12.5. The third-order valence-corrected chi connectivity index (χ3v) is 3.86. The van der Waals surface area contributed by atoms with Crippen LogP contribution in [0.2, 0.25) is 0 Å². The molecule has 0 saturated carbocycles. The van der Waals surface area contributed by atoms with E-state index in [0.717, 1.165) is 0 Å². The lowest BCUT2D eigenvalue weighted by molar-refractivity contribution is 0.0717. The van der Waals surface area contributed by atoms with Crippen molar-refractivity contribution in [3.05, 3.63) is 95.1 Å². The molecule has 0 amide bonds. The Morgan fingerprint density at radius 3 is 1.54 bits per heavy atom. The van der Waals surface area contributed by atoms with Crippen molar-refractivity contribution in [1.29, 1.82) is 0 Å². The van der Waals surface area contributed by atoms with E-state index in [2.05, 4.69) is 0 Å². The lowest BCUT2D eigenvalue weighted by Crippen LogP contribution is -2.11. The minimum Gasteiger partial charge on any atom is -0.423 e. The van der Waals surface area contributed by atoms with Gasteiger partial charge in [0.25, 0.3) is 0 Å². The highest BCUT2D eigenvalue weighted by Gasteiger charge is 2.15. The Bertz CT molecular complexity index is 908. The number of hydrogen-bond acceptors (Lipinski definition) is 4. The summed E-state index contributed by atoms with van der Waals surface area (Å²) in [6, 6.07) is 20.9. The van der Waals surface area contributed by atoms with E-state index in [1.807, 2.05) is 12.1 Å². The molecule has 0 aromatic heterocycles. The number of carbonyl (C=O) groups is 2. The average Bonchev–Trinajstić information content (AvgIpc) is 2.66. The monoisotopic (exact) mass is 346 g/mol. The Morgan fingerprint density at radius 1 is 0.654 bits per heavy atom. The lowest BCUT2D eigenvalue weighted by atomic mass is 10.1. The molecule has 0 unspecified atom stereocenters. The molecule has 0 aliphatic rings. The first kappa shape index (κ1) is 17.4. The van der Waals surface area contributed by atoms with Crippen molar-refractivity contribution in [3.8, 4) is 11.5 Å². The van der Waals surface area contributed by atoms with Crippen LogP contribution in [-0.4, -0.2) is 11.9 Å². The van der Waals surface area contributed by atoms with Crippen LogP contribution in [0.1, 0.15) is 31.8 Å². The Kier molecular flexibility index (Phi) is 5.13. The zero-order valence-electron chi connectivity index (χ0n) is 14.6. The average molecular weight is 346 g/mol. The third-order valence-electron chi connectivity index (χ3n) is 3.86. The van der Waals surface area contributed by atoms with Gasteiger partial charge in [-0.2, -0.15) is 0 Å². The maximum atomic E-state index is 12.3. The van der Waals surface area contributed by atoms with Gasteiger partial charge in [-0.05, 0) is 61.4 Å². The number of carbonyl (C=O) groups excluding carboxylic acids is 2. The van der Waals surface area contributed by atoms with Gasteiger partial charge in [0.05, 0.1) is 11.1 Å². The number of hydrogen-bond donors (Lipinski definition) is 0. The molecule has 0 aliphatic heterocycles. The molecule has 0 spiro atoms. The summed E-state index contributed by atoms with van der Waals surface area (Å²) in [6.07, 6.45) is 0. The maximum Gasteiger partial charge on any atom is 0.343 e. The van der Waals surface area contributed by atoms with Crippen molar-refractivity contribution >= 4 is 11.9 Å². The van der Waals surface area contributed by atoms with Crippen LogP contribution in [0, 0.1) is 13.8 Å². The number of esters is 2. The molecule has 4 heteroatoms. The third kappa shape index (κ3) is 3.98. The van der Waals surface area contributed by atoms with Gasteiger partial charge < -0.3 is 9.47 Å². The second-order valence-corrected chi connectivity index (χ2v) is 5.90. The number of ether oxygens (including phenoxy) is 2. The SMILES string of the molecule is Cc1cc(OC(=O)c2ccccc2)cc(C)c1OC(=O)c1ccccc1. The van der Waals surface area contributed by atoms with Gasteiger partial charge in [-0.15, -0.1) is 0 Å². The Hall–Kier alpha value is -3.40. The van der Waals surface area contributed by atoms with Gasteiger partial charge in [-0.25, -0.2) is 9.59 Å². The summed E-state index contributed by atoms with van der Waals surface area (Å²) in [4.78, 5) is 24.4. The Balaban J connectivity index is 1.78. The highest BCUT2D eigenvalue weighted by molar-refractivity contribution is 5.92. The summed E-state index contributed by atoms with van der Waals surface area (Å²) in [7, 11) is 0. The molecule has 3 aromatic rings. The van der Waals surface area contributed by atoms with Crippen molar-refractivity contribution in [2.45, 2.75) is 13.8 Å². The summed E-state index contributed by atoms with van der Waals surface area (Å²) in [5.41, 5.74) is 2.38. The first-order valence-electron chi connectivity index (χ1n) is 8.20. The van der Waals surface area contributed by atoms with E-state index in [4.69, 9.17) is 9.47 Å². The molecular formula is C22H18O4. The molecule has 4 nitrogen and oxygen atoms in total. The number of aryl methyl sites for hydroxylation is 2. The molecule has 0 aliphatic carbocycles. The number of benzene rings is 3. The summed E-state index contributed by atoms with van der Waals surface area (Å²) < 4.78 is 11.0. The zero-order chi connectivity index (χ0) is 18.5. The van der Waals surface area contributed by atoms with Crippen LogP contribution in [0.5, 0.6) is 11.5 Å². The molecule has 0 heterocycles. The van der Waals surface area contributed by atoms with Crippen molar-refractivity contribution in [2.24, 2.45) is 0 Å². The summed E-state index contributed by atoms with van der Waals surface area (Å²) in [6.45, 7) is 3.61. The molecule has 130 valence electrons. The molecule has 0 atom stereocenters. The molecule has 3 aromatic carbocycles. The van der Waals surface area contributed by atoms with Gasteiger partial charge in [0.1, 0.15) is 11.5 Å². The second-order valence-electron chi connectivity index (χ2n) is 5.90. The number of rotatable bonds is 4. The van der Waals surface area contributed by atoms with E-state index < -0.39 is 11.9 Å². The van der Waals surface area contributed by atoms with Gasteiger partial charge >= 0.3 is 11.9 Å². The van der Waals surface area contributed by atoms with Crippen LogP contribution in [0.4, 0.5) is 0 Å². The predicted octanol–water partition coefficient (Wildman–Crippen LogP) is 4.74. The highest BCUT2D eigenvalue weighted by atomic mass is 16.5. The molecule has 26 heavy (non-hydrogen) atoms. The highest BCUT2D eigenvalue weighted by Crippen LogP contribution is 2.29. The molecule has 0 radical (unpaired) electrons. The standard InChI is InChI=1S/C22H18O4/c1-15-13-19(25-21(23)17-9-5-3-6-10-17)14-16(2)20(15)26-22(24)18-11-7-4-8-12-18/h3-14H,1-2H3. The van der Waals surface area contributed by atoms with Gasteiger partial charge in [0.2, 0.25) is 0 Å². The predicted molar refractivity (Wildman–Crippen MR) is 98.7 cm³/mol. The molecule has 0 N–H and O–H groups in total. The van der Waals surface area contributed by atoms with E-state index in [9.17, 15) is 9.59 Å². The fourth-order valence-electron chi connectivity index (χ4n) is 2.60. The van der Waals surface area contributed by atoms with E-state index in [-0.39, 0.29) is 0 Å². The van der Waals surface area contributed by atoms with Crippen LogP contribution in [0.3, 0.4) is 0 Å². The topological polar surface area (TPSA) is 52.6 Å². The van der Waals surface area contributed by atoms with E-state index in [1.165, 1.54) is 0 Å². The van der Waals surface area contributed by atoms with E-state index >= 15 is 0 Å². The van der Waals surface area contributed by atoms with Gasteiger partial charge in [0, 0.05) is 0 Å². The van der Waals surface area contributed by atoms with Crippen LogP contribution in [0.25, 0.3) is 0 Å². The minimum atomic E-state index is -0.432. The molecule has 0 saturated heterocycles. The van der Waals surface area contributed by atoms with Crippen LogP contribution < -0.4 is 9.47 Å². The van der Waals surface area contributed by atoms with E-state index in [1.54, 1.807) is 74.5 Å². The maximum absolute atomic E-state index is 12.3. The second kappa shape index (κ2) is 7.66. The smallest absolute Gasteiger partial charge is 0.343 e. The molecular weight excluding hydrogens is 328 g/mol. The quantitative estimate of drug-likeness (QED) is 0.506. The van der Waals surface area contributed by atoms with Crippen molar-refractivity contribution in [3.63, 3.8) is 0 Å². The lowest BCUT2D eigenvalue weighted by Gasteiger charge is -2.13. The minimum absolute atomic E-state index is 0.411. The summed E-state index contributed by atoms with van der Waals surface area (Å²) >= 11 is 0.